The van der Waals surface area contributed by atoms with E-state index in [4.69, 9.17) is 5.11 Å². The van der Waals surface area contributed by atoms with E-state index in [0.717, 1.165) is 35.9 Å². The quantitative estimate of drug-likeness (QED) is 0.739. The van der Waals surface area contributed by atoms with Crippen LogP contribution in [0.25, 0.3) is 0 Å². The Labute approximate surface area is 143 Å². The SMILES string of the molecule is CCN(CC)c1ccc(C(=O)CN2CSC(CCO)=C2C)cc1. The molecule has 0 saturated carbocycles. The van der Waals surface area contributed by atoms with Crippen molar-refractivity contribution in [1.29, 1.82) is 0 Å². The molecule has 0 saturated heterocycles. The molecule has 1 aromatic rings. The fraction of sp³-hybridized carbons (Fsp3) is 0.500. The van der Waals surface area contributed by atoms with Crippen LogP contribution in [0.2, 0.25) is 0 Å². The number of nitrogens with zero attached hydrogens (tertiary/aromatic N) is 2. The highest BCUT2D eigenvalue weighted by Gasteiger charge is 2.21. The Bertz CT molecular complexity index is 565. The summed E-state index contributed by atoms with van der Waals surface area (Å²) in [5, 5.41) is 9.07. The van der Waals surface area contributed by atoms with Crippen LogP contribution in [0.4, 0.5) is 5.69 Å². The van der Waals surface area contributed by atoms with Crippen molar-refractivity contribution < 1.29 is 9.90 Å². The van der Waals surface area contributed by atoms with E-state index in [1.807, 2.05) is 31.2 Å². The van der Waals surface area contributed by atoms with Crippen molar-refractivity contribution in [3.05, 3.63) is 40.4 Å². The molecular formula is C18H26N2O2S. The summed E-state index contributed by atoms with van der Waals surface area (Å²) in [6.45, 7) is 8.78. The Kier molecular flexibility index (Phi) is 6.54. The zero-order chi connectivity index (χ0) is 16.8. The van der Waals surface area contributed by atoms with Crippen molar-refractivity contribution in [3.8, 4) is 0 Å². The topological polar surface area (TPSA) is 43.8 Å². The second-order valence-electron chi connectivity index (χ2n) is 5.60. The Balaban J connectivity index is 2.01. The minimum atomic E-state index is 0.140. The van der Waals surface area contributed by atoms with Crippen molar-refractivity contribution in [2.24, 2.45) is 0 Å². The lowest BCUT2D eigenvalue weighted by atomic mass is 10.1. The van der Waals surface area contributed by atoms with Crippen LogP contribution in [0.15, 0.2) is 34.9 Å². The Morgan fingerprint density at radius 3 is 2.48 bits per heavy atom. The normalized spacial score (nSPS) is 14.5. The van der Waals surface area contributed by atoms with Crippen molar-refractivity contribution in [2.45, 2.75) is 27.2 Å². The maximum Gasteiger partial charge on any atom is 0.182 e. The molecule has 0 spiro atoms. The van der Waals surface area contributed by atoms with Crippen molar-refractivity contribution in [1.82, 2.24) is 4.90 Å². The summed E-state index contributed by atoms with van der Waals surface area (Å²) in [6.07, 6.45) is 0.680. The summed E-state index contributed by atoms with van der Waals surface area (Å²) in [6, 6.07) is 7.90. The lowest BCUT2D eigenvalue weighted by Gasteiger charge is -2.21. The number of carbonyl (C=O) groups excluding carboxylic acids is 1. The molecule has 1 aliphatic rings. The van der Waals surface area contributed by atoms with Crippen LogP contribution in [0.1, 0.15) is 37.6 Å². The average molecular weight is 334 g/mol. The van der Waals surface area contributed by atoms with Gasteiger partial charge in [-0.3, -0.25) is 4.79 Å². The maximum absolute atomic E-state index is 12.5. The van der Waals surface area contributed by atoms with Crippen LogP contribution in [0, 0.1) is 0 Å². The van der Waals surface area contributed by atoms with Crippen LogP contribution in [-0.2, 0) is 0 Å². The Morgan fingerprint density at radius 2 is 1.91 bits per heavy atom. The number of hydrogen-bond acceptors (Lipinski definition) is 5. The van der Waals surface area contributed by atoms with Gasteiger partial charge >= 0.3 is 0 Å². The standard InChI is InChI=1S/C18H26N2O2S/c1-4-19(5-2)16-8-6-15(7-9-16)17(22)12-20-13-23-18(10-11-21)14(20)3/h6-9,21H,4-5,10-13H2,1-3H3. The van der Waals surface area contributed by atoms with Gasteiger partial charge in [0, 0.05) is 48.0 Å². The Morgan fingerprint density at radius 1 is 1.26 bits per heavy atom. The van der Waals surface area contributed by atoms with Crippen LogP contribution >= 0.6 is 11.8 Å². The number of hydrogen-bond donors (Lipinski definition) is 1. The van der Waals surface area contributed by atoms with Gasteiger partial charge in [0.15, 0.2) is 5.78 Å². The molecular weight excluding hydrogens is 308 g/mol. The number of aliphatic hydroxyl groups is 1. The van der Waals surface area contributed by atoms with Gasteiger partial charge in [-0.15, -0.1) is 11.8 Å². The lowest BCUT2D eigenvalue weighted by molar-refractivity contribution is 0.0958. The molecule has 1 aliphatic heterocycles. The highest BCUT2D eigenvalue weighted by Crippen LogP contribution is 2.33. The molecule has 1 N–H and O–H groups in total. The number of rotatable bonds is 8. The summed E-state index contributed by atoms with van der Waals surface area (Å²) in [5.74, 6) is 0.936. The van der Waals surface area contributed by atoms with Gasteiger partial charge in [0.2, 0.25) is 0 Å². The van der Waals surface area contributed by atoms with Crippen LogP contribution in [-0.4, -0.2) is 47.9 Å². The number of anilines is 1. The molecule has 1 aromatic carbocycles. The number of ketones is 1. The van der Waals surface area contributed by atoms with Gasteiger partial charge in [0.05, 0.1) is 12.4 Å². The third kappa shape index (κ3) is 4.30. The number of thioether (sulfide) groups is 1. The van der Waals surface area contributed by atoms with E-state index in [1.54, 1.807) is 11.8 Å². The number of aliphatic hydroxyl groups excluding tert-OH is 1. The van der Waals surface area contributed by atoms with Crippen LogP contribution < -0.4 is 4.90 Å². The first-order chi connectivity index (χ1) is 11.1. The summed E-state index contributed by atoms with van der Waals surface area (Å²) < 4.78 is 0. The fourth-order valence-electron chi connectivity index (χ4n) is 2.76. The minimum Gasteiger partial charge on any atom is -0.396 e. The second kappa shape index (κ2) is 8.41. The number of allylic oxidation sites excluding steroid dienone is 1. The van der Waals surface area contributed by atoms with Gasteiger partial charge in [-0.25, -0.2) is 0 Å². The zero-order valence-electron chi connectivity index (χ0n) is 14.2. The average Bonchev–Trinajstić information content (AvgIpc) is 2.90. The predicted molar refractivity (Wildman–Crippen MR) is 97.9 cm³/mol. The summed E-state index contributed by atoms with van der Waals surface area (Å²) in [4.78, 5) is 18.0. The monoisotopic (exact) mass is 334 g/mol. The first-order valence-electron chi connectivity index (χ1n) is 8.17. The fourth-order valence-corrected chi connectivity index (χ4v) is 3.93. The maximum atomic E-state index is 12.5. The molecule has 0 bridgehead atoms. The molecule has 2 rings (SSSR count). The minimum absolute atomic E-state index is 0.140. The van der Waals surface area contributed by atoms with Crippen molar-refractivity contribution >= 4 is 23.2 Å². The highest BCUT2D eigenvalue weighted by molar-refractivity contribution is 8.03. The van der Waals surface area contributed by atoms with E-state index in [2.05, 4.69) is 23.6 Å². The van der Waals surface area contributed by atoms with E-state index in [9.17, 15) is 4.79 Å². The molecule has 4 nitrogen and oxygen atoms in total. The molecule has 0 atom stereocenters. The highest BCUT2D eigenvalue weighted by atomic mass is 32.2. The third-order valence-electron chi connectivity index (χ3n) is 4.26. The van der Waals surface area contributed by atoms with E-state index in [1.165, 1.54) is 4.91 Å². The van der Waals surface area contributed by atoms with Gasteiger partial charge < -0.3 is 14.9 Å². The summed E-state index contributed by atoms with van der Waals surface area (Å²) >= 11 is 1.72. The summed E-state index contributed by atoms with van der Waals surface area (Å²) in [5.41, 5.74) is 3.04. The smallest absolute Gasteiger partial charge is 0.182 e. The van der Waals surface area contributed by atoms with E-state index in [0.29, 0.717) is 13.0 Å². The van der Waals surface area contributed by atoms with E-state index >= 15 is 0 Å². The molecule has 126 valence electrons. The molecule has 1 heterocycles. The van der Waals surface area contributed by atoms with Gasteiger partial charge in [-0.1, -0.05) is 0 Å². The lowest BCUT2D eigenvalue weighted by Crippen LogP contribution is -2.26. The molecule has 0 radical (unpaired) electrons. The first kappa shape index (κ1) is 17.9. The van der Waals surface area contributed by atoms with Gasteiger partial charge in [-0.05, 0) is 45.0 Å². The number of Topliss-reactive ketones (excluding diaryl/α,β-unsaturated/α-hetero) is 1. The first-order valence-corrected chi connectivity index (χ1v) is 9.15. The molecule has 0 fully saturated rings. The number of benzene rings is 1. The number of carbonyl (C=O) groups is 1. The van der Waals surface area contributed by atoms with Crippen LogP contribution in [0.3, 0.4) is 0 Å². The molecule has 0 aromatic heterocycles. The van der Waals surface area contributed by atoms with Gasteiger partial charge in [0.1, 0.15) is 0 Å². The largest absolute Gasteiger partial charge is 0.396 e. The van der Waals surface area contributed by atoms with E-state index in [-0.39, 0.29) is 12.4 Å². The second-order valence-corrected chi connectivity index (χ2v) is 6.64. The van der Waals surface area contributed by atoms with Crippen molar-refractivity contribution in [2.75, 3.05) is 37.0 Å². The molecule has 0 unspecified atom stereocenters. The van der Waals surface area contributed by atoms with Gasteiger partial charge in [0.25, 0.3) is 0 Å². The summed E-state index contributed by atoms with van der Waals surface area (Å²) in [7, 11) is 0. The van der Waals surface area contributed by atoms with Gasteiger partial charge in [-0.2, -0.15) is 0 Å². The van der Waals surface area contributed by atoms with E-state index < -0.39 is 0 Å². The predicted octanol–water partition coefficient (Wildman–Crippen LogP) is 3.34. The molecule has 23 heavy (non-hydrogen) atoms. The molecule has 0 amide bonds. The third-order valence-corrected chi connectivity index (χ3v) is 5.55. The Hall–Kier alpha value is -1.46. The molecule has 5 heteroatoms. The molecule has 0 aliphatic carbocycles. The van der Waals surface area contributed by atoms with Crippen LogP contribution in [0.5, 0.6) is 0 Å². The zero-order valence-corrected chi connectivity index (χ0v) is 15.0. The van der Waals surface area contributed by atoms with Crippen molar-refractivity contribution in [3.63, 3.8) is 0 Å².